The minimum Gasteiger partial charge on any atom is -0.365 e. The third-order valence-corrected chi connectivity index (χ3v) is 5.06. The summed E-state index contributed by atoms with van der Waals surface area (Å²) in [7, 11) is -2.92. The second-order valence-electron chi connectivity index (χ2n) is 5.08. The first-order chi connectivity index (χ1) is 10.6. The van der Waals surface area contributed by atoms with Crippen molar-refractivity contribution in [1.29, 1.82) is 0 Å². The summed E-state index contributed by atoms with van der Waals surface area (Å²) in [5.41, 5.74) is 0.867. The first-order valence-electron chi connectivity index (χ1n) is 6.91. The lowest BCUT2D eigenvalue weighted by Gasteiger charge is -2.11. The minimum absolute atomic E-state index is 0.120. The van der Waals surface area contributed by atoms with Gasteiger partial charge in [0.1, 0.15) is 0 Å². The summed E-state index contributed by atoms with van der Waals surface area (Å²) in [6.07, 6.45) is 3.79. The average Bonchev–Trinajstić information content (AvgIpc) is 2.85. The summed E-state index contributed by atoms with van der Waals surface area (Å²) in [6, 6.07) is 5.53. The molecule has 1 atom stereocenters. The van der Waals surface area contributed by atoms with Gasteiger partial charge in [-0.05, 0) is 18.6 Å². The van der Waals surface area contributed by atoms with Gasteiger partial charge in [0, 0.05) is 12.2 Å². The maximum atomic E-state index is 11.4. The van der Waals surface area contributed by atoms with E-state index in [-0.39, 0.29) is 17.5 Å². The van der Waals surface area contributed by atoms with Crippen LogP contribution in [0.2, 0.25) is 0 Å². The molecule has 2 aromatic heterocycles. The van der Waals surface area contributed by atoms with Crippen LogP contribution in [0.3, 0.4) is 0 Å². The Morgan fingerprint density at radius 1 is 1.32 bits per heavy atom. The quantitative estimate of drug-likeness (QED) is 0.818. The maximum absolute atomic E-state index is 11.4. The lowest BCUT2D eigenvalue weighted by Crippen LogP contribution is -2.21. The smallest absolute Gasteiger partial charge is 0.245 e. The predicted molar refractivity (Wildman–Crippen MR) is 82.1 cm³/mol. The molecule has 0 aromatic carbocycles. The number of hydrogen-bond donors (Lipinski definition) is 2. The van der Waals surface area contributed by atoms with Gasteiger partial charge in [-0.3, -0.25) is 4.98 Å². The number of anilines is 2. The number of aromatic nitrogens is 4. The van der Waals surface area contributed by atoms with Gasteiger partial charge in [0.2, 0.25) is 5.95 Å². The molecule has 0 bridgehead atoms. The van der Waals surface area contributed by atoms with Gasteiger partial charge in [-0.2, -0.15) is 10.1 Å². The van der Waals surface area contributed by atoms with Crippen LogP contribution >= 0.6 is 0 Å². The van der Waals surface area contributed by atoms with Crippen LogP contribution in [0.1, 0.15) is 12.1 Å². The second-order valence-corrected chi connectivity index (χ2v) is 7.31. The van der Waals surface area contributed by atoms with Crippen molar-refractivity contribution in [2.24, 2.45) is 0 Å². The molecule has 0 spiro atoms. The van der Waals surface area contributed by atoms with Crippen molar-refractivity contribution in [3.05, 3.63) is 36.3 Å². The van der Waals surface area contributed by atoms with Gasteiger partial charge in [0.15, 0.2) is 15.7 Å². The van der Waals surface area contributed by atoms with Gasteiger partial charge in [0.05, 0.1) is 29.9 Å². The van der Waals surface area contributed by atoms with E-state index in [2.05, 4.69) is 30.8 Å². The molecule has 1 aliphatic rings. The number of hydrogen-bond acceptors (Lipinski definition) is 8. The molecule has 8 nitrogen and oxygen atoms in total. The highest BCUT2D eigenvalue weighted by atomic mass is 32.2. The maximum Gasteiger partial charge on any atom is 0.245 e. The van der Waals surface area contributed by atoms with Gasteiger partial charge >= 0.3 is 0 Å². The van der Waals surface area contributed by atoms with E-state index >= 15 is 0 Å². The summed E-state index contributed by atoms with van der Waals surface area (Å²) >= 11 is 0. The Labute approximate surface area is 128 Å². The Kier molecular flexibility index (Phi) is 4.14. The molecule has 3 heterocycles. The Morgan fingerprint density at radius 3 is 2.95 bits per heavy atom. The van der Waals surface area contributed by atoms with Crippen molar-refractivity contribution in [2.75, 3.05) is 22.1 Å². The van der Waals surface area contributed by atoms with E-state index in [0.29, 0.717) is 24.7 Å². The number of pyridine rings is 1. The fourth-order valence-corrected chi connectivity index (χ4v) is 3.91. The number of rotatable bonds is 5. The van der Waals surface area contributed by atoms with Crippen LogP contribution in [0.4, 0.5) is 11.8 Å². The Morgan fingerprint density at radius 2 is 2.23 bits per heavy atom. The van der Waals surface area contributed by atoms with Crippen LogP contribution in [0.25, 0.3) is 0 Å². The largest absolute Gasteiger partial charge is 0.365 e. The first kappa shape index (κ1) is 14.6. The lowest BCUT2D eigenvalue weighted by atomic mass is 10.3. The van der Waals surface area contributed by atoms with Crippen LogP contribution in [0.15, 0.2) is 30.6 Å². The van der Waals surface area contributed by atoms with Gasteiger partial charge in [-0.15, -0.1) is 5.10 Å². The molecule has 2 N–H and O–H groups in total. The average molecular weight is 320 g/mol. The molecule has 1 saturated heterocycles. The number of nitrogens with zero attached hydrogens (tertiary/aromatic N) is 4. The Balaban J connectivity index is 1.60. The third kappa shape index (κ3) is 3.88. The second kappa shape index (κ2) is 6.22. The topological polar surface area (TPSA) is 110 Å². The third-order valence-electron chi connectivity index (χ3n) is 3.30. The monoisotopic (exact) mass is 320 g/mol. The van der Waals surface area contributed by atoms with Crippen LogP contribution in [0.5, 0.6) is 0 Å². The van der Waals surface area contributed by atoms with Gasteiger partial charge in [-0.25, -0.2) is 8.42 Å². The van der Waals surface area contributed by atoms with Gasteiger partial charge in [0.25, 0.3) is 0 Å². The van der Waals surface area contributed by atoms with E-state index in [1.165, 1.54) is 6.20 Å². The molecule has 0 radical (unpaired) electrons. The molecule has 22 heavy (non-hydrogen) atoms. The highest BCUT2D eigenvalue weighted by molar-refractivity contribution is 7.91. The molecule has 116 valence electrons. The molecule has 1 aliphatic heterocycles. The van der Waals surface area contributed by atoms with Gasteiger partial charge < -0.3 is 10.6 Å². The molecule has 0 aliphatic carbocycles. The molecule has 0 saturated carbocycles. The molecule has 0 amide bonds. The summed E-state index contributed by atoms with van der Waals surface area (Å²) < 4.78 is 22.9. The van der Waals surface area contributed by atoms with Crippen LogP contribution in [-0.2, 0) is 16.4 Å². The summed E-state index contributed by atoms with van der Waals surface area (Å²) in [4.78, 5) is 8.48. The summed E-state index contributed by atoms with van der Waals surface area (Å²) in [5.74, 6) is 1.24. The van der Waals surface area contributed by atoms with E-state index in [0.717, 1.165) is 5.69 Å². The van der Waals surface area contributed by atoms with Crippen LogP contribution < -0.4 is 10.6 Å². The van der Waals surface area contributed by atoms with Crippen molar-refractivity contribution >= 4 is 21.6 Å². The molecule has 2 aromatic rings. The van der Waals surface area contributed by atoms with E-state index in [1.807, 2.05) is 18.2 Å². The fraction of sp³-hybridized carbons (Fsp3) is 0.385. The zero-order valence-electron chi connectivity index (χ0n) is 11.8. The van der Waals surface area contributed by atoms with E-state index < -0.39 is 9.84 Å². The normalized spacial score (nSPS) is 19.7. The molecule has 9 heteroatoms. The van der Waals surface area contributed by atoms with E-state index in [4.69, 9.17) is 0 Å². The Hall–Kier alpha value is -2.29. The molecule has 3 rings (SSSR count). The lowest BCUT2D eigenvalue weighted by molar-refractivity contribution is 0.602. The fourth-order valence-electron chi connectivity index (χ4n) is 2.24. The standard InChI is InChI=1S/C13H16N6O2S/c20-22(21)6-4-11(9-22)17-12-8-16-19-13(18-12)15-7-10-3-1-2-5-14-10/h1-3,5,8,11H,4,6-7,9H2,(H2,15,17,18,19). The number of nitrogens with one attached hydrogen (secondary N) is 2. The van der Waals surface area contributed by atoms with Crippen molar-refractivity contribution in [3.63, 3.8) is 0 Å². The van der Waals surface area contributed by atoms with Gasteiger partial charge in [-0.1, -0.05) is 6.07 Å². The van der Waals surface area contributed by atoms with Crippen LogP contribution in [-0.4, -0.2) is 46.1 Å². The van der Waals surface area contributed by atoms with Crippen LogP contribution in [0, 0.1) is 0 Å². The van der Waals surface area contributed by atoms with Crippen molar-refractivity contribution in [2.45, 2.75) is 19.0 Å². The first-order valence-corrected chi connectivity index (χ1v) is 8.73. The molecule has 1 fully saturated rings. The zero-order chi connectivity index (χ0) is 15.4. The predicted octanol–water partition coefficient (Wildman–Crippen LogP) is 0.478. The highest BCUT2D eigenvalue weighted by Gasteiger charge is 2.28. The minimum atomic E-state index is -2.92. The molecular formula is C13H16N6O2S. The zero-order valence-corrected chi connectivity index (χ0v) is 12.6. The Bertz CT molecular complexity index is 737. The van der Waals surface area contributed by atoms with E-state index in [1.54, 1.807) is 6.20 Å². The summed E-state index contributed by atoms with van der Waals surface area (Å²) in [5, 5.41) is 13.9. The van der Waals surface area contributed by atoms with Crippen molar-refractivity contribution < 1.29 is 8.42 Å². The highest BCUT2D eigenvalue weighted by Crippen LogP contribution is 2.16. The van der Waals surface area contributed by atoms with E-state index in [9.17, 15) is 8.42 Å². The molecule has 1 unspecified atom stereocenters. The van der Waals surface area contributed by atoms with Crippen molar-refractivity contribution in [1.82, 2.24) is 20.2 Å². The SMILES string of the molecule is O=S1(=O)CCC(Nc2cnnc(NCc3ccccn3)n2)C1. The van der Waals surface area contributed by atoms with Crippen molar-refractivity contribution in [3.8, 4) is 0 Å². The number of sulfone groups is 1. The molecular weight excluding hydrogens is 304 g/mol. The summed E-state index contributed by atoms with van der Waals surface area (Å²) in [6.45, 7) is 0.490.